The number of amides is 1. The van der Waals surface area contributed by atoms with Crippen molar-refractivity contribution in [2.24, 2.45) is 0 Å². The zero-order chi connectivity index (χ0) is 17.8. The van der Waals surface area contributed by atoms with Gasteiger partial charge in [-0.05, 0) is 55.5 Å². The molecule has 0 saturated heterocycles. The minimum absolute atomic E-state index is 0.125. The number of anilines is 2. The third kappa shape index (κ3) is 3.90. The molecule has 0 aromatic heterocycles. The van der Waals surface area contributed by atoms with Crippen LogP contribution in [0.4, 0.5) is 11.4 Å². The van der Waals surface area contributed by atoms with Crippen molar-refractivity contribution in [3.8, 4) is 17.2 Å². The van der Waals surface area contributed by atoms with Crippen LogP contribution in [0.15, 0.2) is 66.7 Å². The molecule has 0 aliphatic heterocycles. The second-order valence-corrected chi connectivity index (χ2v) is 5.64. The highest BCUT2D eigenvalue weighted by molar-refractivity contribution is 6.07. The van der Waals surface area contributed by atoms with E-state index in [-0.39, 0.29) is 17.0 Å². The Labute approximate surface area is 145 Å². The van der Waals surface area contributed by atoms with Gasteiger partial charge in [0.25, 0.3) is 5.91 Å². The zero-order valence-electron chi connectivity index (χ0n) is 13.7. The maximum Gasteiger partial charge on any atom is 0.259 e. The molecule has 0 atom stereocenters. The van der Waals surface area contributed by atoms with E-state index in [1.165, 1.54) is 12.1 Å². The SMILES string of the molecule is Cc1ccc(Oc2ccc(NC(=O)c3cccc(N)c3O)cc2)cc1. The van der Waals surface area contributed by atoms with Gasteiger partial charge in [0.1, 0.15) is 11.5 Å². The third-order valence-corrected chi connectivity index (χ3v) is 3.68. The molecule has 1 amide bonds. The number of carbonyl (C=O) groups is 1. The Morgan fingerprint density at radius 1 is 0.960 bits per heavy atom. The first kappa shape index (κ1) is 16.4. The minimum atomic E-state index is -0.433. The Morgan fingerprint density at radius 3 is 2.20 bits per heavy atom. The lowest BCUT2D eigenvalue weighted by Gasteiger charge is -2.10. The second kappa shape index (κ2) is 6.97. The number of carbonyl (C=O) groups excluding carboxylic acids is 1. The number of hydrogen-bond acceptors (Lipinski definition) is 4. The Hall–Kier alpha value is -3.47. The van der Waals surface area contributed by atoms with Crippen LogP contribution in [0.2, 0.25) is 0 Å². The lowest BCUT2D eigenvalue weighted by Crippen LogP contribution is -2.12. The highest BCUT2D eigenvalue weighted by Gasteiger charge is 2.13. The number of para-hydroxylation sites is 1. The normalized spacial score (nSPS) is 10.3. The lowest BCUT2D eigenvalue weighted by molar-refractivity contribution is 0.102. The first-order valence-corrected chi connectivity index (χ1v) is 7.76. The highest BCUT2D eigenvalue weighted by Crippen LogP contribution is 2.26. The van der Waals surface area contributed by atoms with Crippen molar-refractivity contribution in [2.45, 2.75) is 6.92 Å². The number of phenols is 1. The van der Waals surface area contributed by atoms with Crippen molar-refractivity contribution < 1.29 is 14.6 Å². The first-order chi connectivity index (χ1) is 12.0. The number of rotatable bonds is 4. The van der Waals surface area contributed by atoms with Crippen LogP contribution in [-0.2, 0) is 0 Å². The van der Waals surface area contributed by atoms with Gasteiger partial charge in [-0.15, -0.1) is 0 Å². The van der Waals surface area contributed by atoms with Gasteiger partial charge in [0.2, 0.25) is 0 Å². The third-order valence-electron chi connectivity index (χ3n) is 3.68. The van der Waals surface area contributed by atoms with Crippen LogP contribution in [0.3, 0.4) is 0 Å². The molecule has 0 unspecified atom stereocenters. The summed E-state index contributed by atoms with van der Waals surface area (Å²) < 4.78 is 5.74. The van der Waals surface area contributed by atoms with Gasteiger partial charge in [-0.3, -0.25) is 4.79 Å². The molecular formula is C20H18N2O3. The lowest BCUT2D eigenvalue weighted by atomic mass is 10.1. The number of ether oxygens (including phenoxy) is 1. The first-order valence-electron chi connectivity index (χ1n) is 7.76. The van der Waals surface area contributed by atoms with Gasteiger partial charge < -0.3 is 20.9 Å². The summed E-state index contributed by atoms with van der Waals surface area (Å²) in [7, 11) is 0. The van der Waals surface area contributed by atoms with Crippen LogP contribution in [0.5, 0.6) is 17.2 Å². The predicted molar refractivity (Wildman–Crippen MR) is 98.2 cm³/mol. The van der Waals surface area contributed by atoms with E-state index >= 15 is 0 Å². The average Bonchev–Trinajstić information content (AvgIpc) is 2.61. The number of nitrogens with two attached hydrogens (primary N) is 1. The van der Waals surface area contributed by atoms with Gasteiger partial charge in [-0.1, -0.05) is 23.8 Å². The van der Waals surface area contributed by atoms with E-state index in [0.29, 0.717) is 11.4 Å². The van der Waals surface area contributed by atoms with E-state index in [0.717, 1.165) is 11.3 Å². The molecule has 4 N–H and O–H groups in total. The number of phenolic OH excluding ortho intramolecular Hbond substituents is 1. The maximum atomic E-state index is 12.2. The molecule has 25 heavy (non-hydrogen) atoms. The molecule has 0 saturated carbocycles. The molecule has 0 spiro atoms. The topological polar surface area (TPSA) is 84.6 Å². The summed E-state index contributed by atoms with van der Waals surface area (Å²) in [4.78, 5) is 12.2. The van der Waals surface area contributed by atoms with Crippen LogP contribution in [0.1, 0.15) is 15.9 Å². The smallest absolute Gasteiger partial charge is 0.259 e. The molecule has 3 aromatic rings. The monoisotopic (exact) mass is 334 g/mol. The van der Waals surface area contributed by atoms with Crippen LogP contribution >= 0.6 is 0 Å². The van der Waals surface area contributed by atoms with Gasteiger partial charge in [0, 0.05) is 5.69 Å². The van der Waals surface area contributed by atoms with Crippen molar-refractivity contribution in [3.63, 3.8) is 0 Å². The fourth-order valence-electron chi connectivity index (χ4n) is 2.29. The van der Waals surface area contributed by atoms with Gasteiger partial charge in [0.15, 0.2) is 5.75 Å². The van der Waals surface area contributed by atoms with Gasteiger partial charge in [-0.2, -0.15) is 0 Å². The van der Waals surface area contributed by atoms with Crippen molar-refractivity contribution in [3.05, 3.63) is 77.9 Å². The number of hydrogen-bond donors (Lipinski definition) is 3. The fraction of sp³-hybridized carbons (Fsp3) is 0.0500. The predicted octanol–water partition coefficient (Wildman–Crippen LogP) is 4.33. The van der Waals surface area contributed by atoms with E-state index in [9.17, 15) is 9.90 Å². The zero-order valence-corrected chi connectivity index (χ0v) is 13.7. The van der Waals surface area contributed by atoms with Crippen LogP contribution in [-0.4, -0.2) is 11.0 Å². The number of aryl methyl sites for hydroxylation is 1. The molecule has 0 bridgehead atoms. The molecule has 5 nitrogen and oxygen atoms in total. The molecule has 3 aromatic carbocycles. The molecular weight excluding hydrogens is 316 g/mol. The van der Waals surface area contributed by atoms with Crippen LogP contribution < -0.4 is 15.8 Å². The van der Waals surface area contributed by atoms with Gasteiger partial charge in [-0.25, -0.2) is 0 Å². The van der Waals surface area contributed by atoms with E-state index in [4.69, 9.17) is 10.5 Å². The number of aromatic hydroxyl groups is 1. The van der Waals surface area contributed by atoms with Gasteiger partial charge >= 0.3 is 0 Å². The fourth-order valence-corrected chi connectivity index (χ4v) is 2.29. The van der Waals surface area contributed by atoms with E-state index in [1.54, 1.807) is 30.3 Å². The molecule has 0 aliphatic carbocycles. The molecule has 0 aliphatic rings. The van der Waals surface area contributed by atoms with Gasteiger partial charge in [0.05, 0.1) is 11.3 Å². The number of benzene rings is 3. The van der Waals surface area contributed by atoms with Crippen molar-refractivity contribution in [1.82, 2.24) is 0 Å². The largest absolute Gasteiger partial charge is 0.505 e. The average molecular weight is 334 g/mol. The molecule has 0 fully saturated rings. The van der Waals surface area contributed by atoms with Crippen LogP contribution in [0.25, 0.3) is 0 Å². The highest BCUT2D eigenvalue weighted by atomic mass is 16.5. The second-order valence-electron chi connectivity index (χ2n) is 5.64. The molecule has 0 heterocycles. The van der Waals surface area contributed by atoms with Crippen LogP contribution in [0, 0.1) is 6.92 Å². The van der Waals surface area contributed by atoms with Crippen molar-refractivity contribution in [2.75, 3.05) is 11.1 Å². The summed E-state index contributed by atoms with van der Waals surface area (Å²) in [6, 6.07) is 19.4. The number of nitrogens with one attached hydrogen (secondary N) is 1. The standard InChI is InChI=1S/C20H18N2O3/c1-13-5-9-15(10-6-13)25-16-11-7-14(8-12-16)22-20(24)17-3-2-4-18(21)19(17)23/h2-12,23H,21H2,1H3,(H,22,24). The molecule has 0 radical (unpaired) electrons. The molecule has 3 rings (SSSR count). The maximum absolute atomic E-state index is 12.2. The molecule has 5 heteroatoms. The Balaban J connectivity index is 1.69. The summed E-state index contributed by atoms with van der Waals surface area (Å²) in [6.07, 6.45) is 0. The summed E-state index contributed by atoms with van der Waals surface area (Å²) in [5, 5.41) is 12.6. The quantitative estimate of drug-likeness (QED) is 0.490. The Kier molecular flexibility index (Phi) is 4.57. The molecule has 126 valence electrons. The van der Waals surface area contributed by atoms with E-state index < -0.39 is 5.91 Å². The van der Waals surface area contributed by atoms with Crippen molar-refractivity contribution in [1.29, 1.82) is 0 Å². The summed E-state index contributed by atoms with van der Waals surface area (Å²) >= 11 is 0. The van der Waals surface area contributed by atoms with Crippen molar-refractivity contribution >= 4 is 17.3 Å². The summed E-state index contributed by atoms with van der Waals surface area (Å²) in [6.45, 7) is 2.01. The van der Waals surface area contributed by atoms with E-state index in [2.05, 4.69) is 5.32 Å². The summed E-state index contributed by atoms with van der Waals surface area (Å²) in [5.74, 6) is 0.747. The Morgan fingerprint density at radius 2 is 1.56 bits per heavy atom. The minimum Gasteiger partial charge on any atom is -0.505 e. The van der Waals surface area contributed by atoms with E-state index in [1.807, 2.05) is 31.2 Å². The number of nitrogen functional groups attached to an aromatic ring is 1. The Bertz CT molecular complexity index is 888. The summed E-state index contributed by atoms with van der Waals surface area (Å²) in [5.41, 5.74) is 7.64.